The van der Waals surface area contributed by atoms with E-state index in [1.54, 1.807) is 6.92 Å². The molecule has 0 heterocycles. The lowest BCUT2D eigenvalue weighted by molar-refractivity contribution is -0.108. The van der Waals surface area contributed by atoms with E-state index in [2.05, 4.69) is 81.2 Å². The summed E-state index contributed by atoms with van der Waals surface area (Å²) < 4.78 is 14.7. The topological polar surface area (TPSA) is 79.2 Å². The number of rotatable bonds is 4. The number of hydrogen-bond acceptors (Lipinski definition) is 5. The van der Waals surface area contributed by atoms with E-state index >= 15 is 0 Å². The van der Waals surface area contributed by atoms with Gasteiger partial charge in [-0.15, -0.1) is 0 Å². The Balaban J connectivity index is 2.03. The molecule has 0 aliphatic heterocycles. The molecule has 3 saturated carbocycles. The molecule has 0 bridgehead atoms. The smallest absolute Gasteiger partial charge is 0.192 e. The molecule has 4 rings (SSSR count). The highest BCUT2D eigenvalue weighted by molar-refractivity contribution is 6.74. The van der Waals surface area contributed by atoms with Gasteiger partial charge in [-0.25, -0.2) is 0 Å². The summed E-state index contributed by atoms with van der Waals surface area (Å²) in [6, 6.07) is 0. The molecular weight excluding hydrogens is 484 g/mol. The van der Waals surface area contributed by atoms with Gasteiger partial charge >= 0.3 is 0 Å². The molecule has 0 saturated heterocycles. The van der Waals surface area contributed by atoms with Gasteiger partial charge < -0.3 is 24.2 Å². The first-order valence-corrected chi connectivity index (χ1v) is 20.5. The van der Waals surface area contributed by atoms with Gasteiger partial charge in [0.05, 0.1) is 23.4 Å². The molecule has 208 valence electrons. The predicted octanol–water partition coefficient (Wildman–Crippen LogP) is 5.72. The van der Waals surface area contributed by atoms with Gasteiger partial charge in [0, 0.05) is 18.3 Å². The van der Waals surface area contributed by atoms with Gasteiger partial charge in [0.2, 0.25) is 0 Å². The first-order valence-electron chi connectivity index (χ1n) is 14.2. The monoisotopic (exact) mass is 538 g/mol. The lowest BCUT2D eigenvalue weighted by atomic mass is 9.62. The van der Waals surface area contributed by atoms with Crippen molar-refractivity contribution in [2.24, 2.45) is 35.0 Å². The van der Waals surface area contributed by atoms with Crippen LogP contribution in [0.25, 0.3) is 0 Å². The molecule has 0 amide bonds. The third kappa shape index (κ3) is 4.10. The minimum Gasteiger partial charge on any atom is -0.413 e. The van der Waals surface area contributed by atoms with Crippen LogP contribution in [0, 0.1) is 35.0 Å². The summed E-state index contributed by atoms with van der Waals surface area (Å²) in [6.07, 6.45) is 1.67. The summed E-state index contributed by atoms with van der Waals surface area (Å²) in [4.78, 5) is 0. The third-order valence-corrected chi connectivity index (χ3v) is 16.3. The summed E-state index contributed by atoms with van der Waals surface area (Å²) in [7, 11) is -4.38. The van der Waals surface area contributed by atoms with E-state index in [4.69, 9.17) is 8.85 Å². The molecule has 0 radical (unpaired) electrons. The molecule has 4 aliphatic rings. The van der Waals surface area contributed by atoms with E-state index in [1.807, 2.05) is 6.08 Å². The first-order chi connectivity index (χ1) is 15.9. The zero-order valence-electron chi connectivity index (χ0n) is 25.2. The Morgan fingerprint density at radius 3 is 2.03 bits per heavy atom. The van der Waals surface area contributed by atoms with Crippen molar-refractivity contribution in [3.05, 3.63) is 11.6 Å². The second-order valence-corrected chi connectivity index (χ2v) is 25.5. The lowest BCUT2D eigenvalue weighted by Crippen LogP contribution is -2.62. The van der Waals surface area contributed by atoms with E-state index in [-0.39, 0.29) is 40.7 Å². The molecule has 10 atom stereocenters. The van der Waals surface area contributed by atoms with Crippen molar-refractivity contribution < 1.29 is 24.2 Å². The van der Waals surface area contributed by atoms with Crippen LogP contribution >= 0.6 is 0 Å². The van der Waals surface area contributed by atoms with E-state index in [0.717, 1.165) is 12.0 Å². The van der Waals surface area contributed by atoms with E-state index < -0.39 is 39.5 Å². The molecule has 0 aromatic carbocycles. The van der Waals surface area contributed by atoms with Gasteiger partial charge in [-0.1, -0.05) is 48.5 Å². The average Bonchev–Trinajstić information content (AvgIpc) is 3.08. The van der Waals surface area contributed by atoms with Gasteiger partial charge in [0.25, 0.3) is 0 Å². The largest absolute Gasteiger partial charge is 0.413 e. The van der Waals surface area contributed by atoms with Crippen LogP contribution in [0.1, 0.15) is 68.2 Å². The minimum atomic E-state index is -2.23. The van der Waals surface area contributed by atoms with Crippen LogP contribution in [0.3, 0.4) is 0 Å². The maximum absolute atomic E-state index is 12.4. The molecule has 2 unspecified atom stereocenters. The van der Waals surface area contributed by atoms with Gasteiger partial charge in [-0.3, -0.25) is 0 Å². The van der Waals surface area contributed by atoms with Crippen LogP contribution in [0.4, 0.5) is 0 Å². The quantitative estimate of drug-likeness (QED) is 0.315. The van der Waals surface area contributed by atoms with Crippen LogP contribution in [0.5, 0.6) is 0 Å². The van der Waals surface area contributed by atoms with Crippen molar-refractivity contribution in [3.63, 3.8) is 0 Å². The van der Waals surface area contributed by atoms with E-state index in [0.29, 0.717) is 11.8 Å². The predicted molar refractivity (Wildman–Crippen MR) is 151 cm³/mol. The number of fused-ring (bicyclic) bond motifs is 5. The van der Waals surface area contributed by atoms with Gasteiger partial charge in [0.1, 0.15) is 5.60 Å². The molecular formula is C29H54O5Si2. The van der Waals surface area contributed by atoms with Crippen molar-refractivity contribution in [2.75, 3.05) is 0 Å². The summed E-state index contributed by atoms with van der Waals surface area (Å²) in [5.74, 6) is 0.774. The average molecular weight is 539 g/mol. The van der Waals surface area contributed by atoms with Crippen LogP contribution < -0.4 is 0 Å². The molecule has 7 heteroatoms. The Kier molecular flexibility index (Phi) is 6.45. The van der Waals surface area contributed by atoms with Crippen molar-refractivity contribution in [1.82, 2.24) is 0 Å². The molecule has 3 N–H and O–H groups in total. The van der Waals surface area contributed by atoms with Gasteiger partial charge in [-0.05, 0) is 85.9 Å². The van der Waals surface area contributed by atoms with Crippen molar-refractivity contribution >= 4 is 16.6 Å². The first kappa shape index (κ1) is 29.0. The molecule has 4 aliphatic carbocycles. The Morgan fingerprint density at radius 1 is 0.972 bits per heavy atom. The second-order valence-electron chi connectivity index (χ2n) is 16.3. The van der Waals surface area contributed by atoms with Crippen molar-refractivity contribution in [1.29, 1.82) is 0 Å². The fraction of sp³-hybridized carbons (Fsp3) is 0.931. The highest BCUT2D eigenvalue weighted by Gasteiger charge is 2.77. The van der Waals surface area contributed by atoms with Gasteiger partial charge in [-0.2, -0.15) is 0 Å². The molecule has 5 nitrogen and oxygen atoms in total. The summed E-state index contributed by atoms with van der Waals surface area (Å²) in [5, 5.41) is 35.7. The van der Waals surface area contributed by atoms with Gasteiger partial charge in [0.15, 0.2) is 16.6 Å². The zero-order chi connectivity index (χ0) is 27.7. The summed E-state index contributed by atoms with van der Waals surface area (Å²) in [5.41, 5.74) is -2.66. The molecule has 0 aromatic heterocycles. The number of aliphatic hydroxyl groups excluding tert-OH is 1. The highest BCUT2D eigenvalue weighted by Crippen LogP contribution is 2.75. The Labute approximate surface area is 222 Å². The van der Waals surface area contributed by atoms with Crippen molar-refractivity contribution in [2.45, 2.75) is 135 Å². The SMILES string of the molecule is C[C@@H]1C[C@@H]2[C@H]([C@@H]3C(O[Si](C)(C)C(C)(C)C)[C@H](C)[C@@H](O)[C@]4(O)C[C@](C)(O)C=C4C13O[Si](C)(C)C)C2(C)C. The Bertz CT molecular complexity index is 929. The highest BCUT2D eigenvalue weighted by atomic mass is 28.4. The fourth-order valence-electron chi connectivity index (χ4n) is 8.21. The Morgan fingerprint density at radius 2 is 1.53 bits per heavy atom. The zero-order valence-corrected chi connectivity index (χ0v) is 27.2. The maximum Gasteiger partial charge on any atom is 0.192 e. The third-order valence-electron chi connectivity index (χ3n) is 10.9. The normalized spacial score (nSPS) is 48.4. The Hall–Kier alpha value is -0.0262. The summed E-state index contributed by atoms with van der Waals surface area (Å²) >= 11 is 0. The fourth-order valence-corrected chi connectivity index (χ4v) is 11.1. The lowest BCUT2D eigenvalue weighted by Gasteiger charge is -2.56. The second kappa shape index (κ2) is 8.01. The molecule has 0 spiro atoms. The van der Waals surface area contributed by atoms with E-state index in [9.17, 15) is 15.3 Å². The number of hydrogen-bond donors (Lipinski definition) is 3. The summed E-state index contributed by atoms with van der Waals surface area (Å²) in [6.45, 7) is 28.9. The standard InChI is InChI=1S/C29H54O5Si2/c1-17-14-19-21(26(19,6)7)22-23(33-36(12,13)25(3,4)5)18(2)24(30)28(32)16-27(8,31)15-20(28)29(17,22)34-35(9,10)11/h15,17-19,21-24,30-32H,14,16H2,1-13H3/t17-,18+,19-,21-,22-,23?,24-,27-,28+,29?/m1/s1. The molecule has 36 heavy (non-hydrogen) atoms. The maximum atomic E-state index is 12.4. The van der Waals surface area contributed by atoms with Crippen LogP contribution in [-0.4, -0.2) is 61.0 Å². The van der Waals surface area contributed by atoms with Crippen LogP contribution in [-0.2, 0) is 8.85 Å². The van der Waals surface area contributed by atoms with E-state index in [1.165, 1.54) is 0 Å². The van der Waals surface area contributed by atoms with Crippen LogP contribution in [0.2, 0.25) is 37.8 Å². The molecule has 0 aromatic rings. The minimum absolute atomic E-state index is 0.000856. The molecule has 3 fully saturated rings. The van der Waals surface area contributed by atoms with Crippen LogP contribution in [0.15, 0.2) is 11.6 Å². The van der Waals surface area contributed by atoms with Crippen molar-refractivity contribution in [3.8, 4) is 0 Å². The number of aliphatic hydroxyl groups is 3.